The maximum atomic E-state index is 12.5. The maximum absolute atomic E-state index is 12.5. The quantitative estimate of drug-likeness (QED) is 0.346. The number of esters is 1. The molecule has 0 aliphatic carbocycles. The number of carbonyl (C=O) groups is 2. The molecule has 0 aliphatic rings. The average Bonchev–Trinajstić information content (AvgIpc) is 3.32. The van der Waals surface area contributed by atoms with E-state index in [1.54, 1.807) is 12.3 Å². The van der Waals surface area contributed by atoms with Gasteiger partial charge in [0.05, 0.1) is 18.0 Å². The van der Waals surface area contributed by atoms with E-state index in [1.807, 2.05) is 0 Å². The third-order valence-electron chi connectivity index (χ3n) is 3.62. The molecule has 3 aromatic rings. The molecule has 144 valence electrons. The first kappa shape index (κ1) is 19.1. The lowest BCUT2D eigenvalue weighted by Gasteiger charge is -2.08. The summed E-state index contributed by atoms with van der Waals surface area (Å²) >= 11 is 1.15. The van der Waals surface area contributed by atoms with Gasteiger partial charge in [-0.1, -0.05) is 5.21 Å². The first-order chi connectivity index (χ1) is 13.5. The summed E-state index contributed by atoms with van der Waals surface area (Å²) < 4.78 is 5.11. The van der Waals surface area contributed by atoms with Gasteiger partial charge in [-0.25, -0.2) is 4.79 Å². The van der Waals surface area contributed by atoms with Crippen molar-refractivity contribution in [2.45, 2.75) is 13.3 Å². The van der Waals surface area contributed by atoms with Gasteiger partial charge in [0.15, 0.2) is 5.82 Å². The Morgan fingerprint density at radius 3 is 2.68 bits per heavy atom. The Labute approximate surface area is 161 Å². The number of aromatic nitrogens is 4. The Kier molecular flexibility index (Phi) is 5.69. The van der Waals surface area contributed by atoms with Crippen molar-refractivity contribution in [1.29, 1.82) is 0 Å². The minimum Gasteiger partial charge on any atom is -0.462 e. The highest BCUT2D eigenvalue weighted by Crippen LogP contribution is 2.36. The van der Waals surface area contributed by atoms with E-state index < -0.39 is 16.8 Å². The fourth-order valence-electron chi connectivity index (χ4n) is 2.40. The Morgan fingerprint density at radius 2 is 2.07 bits per heavy atom. The maximum Gasteiger partial charge on any atom is 0.341 e. The number of tetrazole rings is 1. The Balaban J connectivity index is 1.91. The summed E-state index contributed by atoms with van der Waals surface area (Å²) in [6.07, 6.45) is -0.121. The summed E-state index contributed by atoms with van der Waals surface area (Å²) in [7, 11) is 0. The predicted molar refractivity (Wildman–Crippen MR) is 98.9 cm³/mol. The van der Waals surface area contributed by atoms with Crippen molar-refractivity contribution in [2.24, 2.45) is 0 Å². The van der Waals surface area contributed by atoms with Gasteiger partial charge in [-0.2, -0.15) is 5.21 Å². The van der Waals surface area contributed by atoms with Gasteiger partial charge in [0, 0.05) is 23.1 Å². The number of aromatic amines is 1. The van der Waals surface area contributed by atoms with E-state index in [1.165, 1.54) is 24.3 Å². The second-order valence-electron chi connectivity index (χ2n) is 5.43. The third kappa shape index (κ3) is 4.17. The summed E-state index contributed by atoms with van der Waals surface area (Å²) in [5.74, 6) is -0.821. The van der Waals surface area contributed by atoms with Gasteiger partial charge in [-0.05, 0) is 24.6 Å². The Bertz CT molecular complexity index is 999. The molecule has 0 radical (unpaired) electrons. The zero-order valence-corrected chi connectivity index (χ0v) is 15.4. The average molecular weight is 402 g/mol. The van der Waals surface area contributed by atoms with E-state index in [4.69, 9.17) is 4.74 Å². The molecule has 0 fully saturated rings. The first-order valence-corrected chi connectivity index (χ1v) is 8.93. The van der Waals surface area contributed by atoms with Crippen LogP contribution < -0.4 is 5.32 Å². The SMILES string of the molecule is CCOC(=O)c1c(-c2ccc([N+](=O)[O-])cc2)csc1NC(=O)Cc1nn[nH]n1. The zero-order valence-electron chi connectivity index (χ0n) is 14.5. The highest BCUT2D eigenvalue weighted by atomic mass is 32.1. The smallest absolute Gasteiger partial charge is 0.341 e. The van der Waals surface area contributed by atoms with Gasteiger partial charge in [0.2, 0.25) is 5.91 Å². The molecule has 0 saturated carbocycles. The summed E-state index contributed by atoms with van der Waals surface area (Å²) in [5, 5.41) is 28.5. The van der Waals surface area contributed by atoms with Crippen LogP contribution in [0.5, 0.6) is 0 Å². The second-order valence-corrected chi connectivity index (χ2v) is 6.31. The number of non-ortho nitro benzene ring substituents is 1. The van der Waals surface area contributed by atoms with Crippen LogP contribution in [-0.4, -0.2) is 44.0 Å². The van der Waals surface area contributed by atoms with E-state index >= 15 is 0 Å². The number of H-pyrrole nitrogens is 1. The number of benzene rings is 1. The lowest BCUT2D eigenvalue weighted by molar-refractivity contribution is -0.384. The molecular weight excluding hydrogens is 388 g/mol. The van der Waals surface area contributed by atoms with E-state index in [9.17, 15) is 19.7 Å². The molecule has 0 aliphatic heterocycles. The van der Waals surface area contributed by atoms with Crippen LogP contribution in [0.2, 0.25) is 0 Å². The molecule has 28 heavy (non-hydrogen) atoms. The van der Waals surface area contributed by atoms with Crippen molar-refractivity contribution in [3.63, 3.8) is 0 Å². The van der Waals surface area contributed by atoms with Crippen LogP contribution in [0.25, 0.3) is 11.1 Å². The molecule has 1 amide bonds. The number of anilines is 1. The number of hydrogen-bond donors (Lipinski definition) is 2. The number of amides is 1. The standard InChI is InChI=1S/C16H14N6O5S/c1-2-27-16(24)14-11(9-3-5-10(6-4-9)22(25)26)8-28-15(14)17-13(23)7-12-18-20-21-19-12/h3-6,8H,2,7H2,1H3,(H,17,23)(H,18,19,20,21). The highest BCUT2D eigenvalue weighted by Gasteiger charge is 2.23. The van der Waals surface area contributed by atoms with Crippen LogP contribution >= 0.6 is 11.3 Å². The monoisotopic (exact) mass is 402 g/mol. The number of nitro groups is 1. The van der Waals surface area contributed by atoms with Gasteiger partial charge in [-0.15, -0.1) is 21.5 Å². The summed E-state index contributed by atoms with van der Waals surface area (Å²) in [6, 6.07) is 5.76. The molecule has 2 N–H and O–H groups in total. The van der Waals surface area contributed by atoms with Crippen LogP contribution in [0.15, 0.2) is 29.6 Å². The molecule has 12 heteroatoms. The zero-order chi connectivity index (χ0) is 20.1. The molecule has 0 saturated heterocycles. The van der Waals surface area contributed by atoms with Crippen molar-refractivity contribution >= 4 is 33.9 Å². The van der Waals surface area contributed by atoms with Crippen molar-refractivity contribution < 1.29 is 19.2 Å². The van der Waals surface area contributed by atoms with Crippen LogP contribution in [0.3, 0.4) is 0 Å². The number of nitrogens with zero attached hydrogens (tertiary/aromatic N) is 4. The minimum atomic E-state index is -0.605. The van der Waals surface area contributed by atoms with Crippen LogP contribution in [0.4, 0.5) is 10.7 Å². The second kappa shape index (κ2) is 8.35. The number of ether oxygens (including phenoxy) is 1. The largest absolute Gasteiger partial charge is 0.462 e. The normalized spacial score (nSPS) is 10.5. The lowest BCUT2D eigenvalue weighted by Crippen LogP contribution is -2.17. The van der Waals surface area contributed by atoms with E-state index in [0.717, 1.165) is 11.3 Å². The molecule has 3 rings (SSSR count). The molecule has 0 spiro atoms. The van der Waals surface area contributed by atoms with Crippen LogP contribution in [0.1, 0.15) is 23.1 Å². The number of rotatable bonds is 7. The molecular formula is C16H14N6O5S. The lowest BCUT2D eigenvalue weighted by atomic mass is 10.0. The molecule has 11 nitrogen and oxygen atoms in total. The third-order valence-corrected chi connectivity index (χ3v) is 4.52. The Morgan fingerprint density at radius 1 is 1.32 bits per heavy atom. The summed E-state index contributed by atoms with van der Waals surface area (Å²) in [6.45, 7) is 1.83. The van der Waals surface area contributed by atoms with Gasteiger partial charge < -0.3 is 10.1 Å². The number of thiophene rings is 1. The predicted octanol–water partition coefficient (Wildman–Crippen LogP) is 2.19. The van der Waals surface area contributed by atoms with Crippen molar-refractivity contribution in [3.05, 3.63) is 51.1 Å². The fraction of sp³-hybridized carbons (Fsp3) is 0.188. The molecule has 0 unspecified atom stereocenters. The van der Waals surface area contributed by atoms with Gasteiger partial charge in [0.1, 0.15) is 10.6 Å². The minimum absolute atomic E-state index is 0.0645. The first-order valence-electron chi connectivity index (χ1n) is 8.05. The number of carbonyl (C=O) groups excluding carboxylic acids is 2. The van der Waals surface area contributed by atoms with Crippen molar-refractivity contribution in [3.8, 4) is 11.1 Å². The van der Waals surface area contributed by atoms with Crippen molar-refractivity contribution in [2.75, 3.05) is 11.9 Å². The van der Waals surface area contributed by atoms with Crippen LogP contribution in [0, 0.1) is 10.1 Å². The molecule has 0 bridgehead atoms. The highest BCUT2D eigenvalue weighted by molar-refractivity contribution is 7.15. The van der Waals surface area contributed by atoms with E-state index in [0.29, 0.717) is 16.1 Å². The molecule has 0 atom stereocenters. The van der Waals surface area contributed by atoms with Crippen molar-refractivity contribution in [1.82, 2.24) is 20.6 Å². The molecule has 2 heterocycles. The topological polar surface area (TPSA) is 153 Å². The summed E-state index contributed by atoms with van der Waals surface area (Å²) in [5.41, 5.74) is 1.21. The molecule has 2 aromatic heterocycles. The number of hydrogen-bond acceptors (Lipinski definition) is 9. The van der Waals surface area contributed by atoms with Crippen LogP contribution in [-0.2, 0) is 16.0 Å². The summed E-state index contributed by atoms with van der Waals surface area (Å²) in [4.78, 5) is 35.0. The fourth-order valence-corrected chi connectivity index (χ4v) is 3.38. The Hall–Kier alpha value is -3.67. The number of nitro benzene ring substituents is 1. The van der Waals surface area contributed by atoms with E-state index in [-0.39, 0.29) is 30.1 Å². The van der Waals surface area contributed by atoms with Gasteiger partial charge in [-0.3, -0.25) is 14.9 Å². The van der Waals surface area contributed by atoms with Gasteiger partial charge >= 0.3 is 5.97 Å². The van der Waals surface area contributed by atoms with E-state index in [2.05, 4.69) is 25.9 Å². The molecule has 1 aromatic carbocycles. The number of nitrogens with one attached hydrogen (secondary N) is 2. The van der Waals surface area contributed by atoms with Gasteiger partial charge in [0.25, 0.3) is 5.69 Å².